The highest BCUT2D eigenvalue weighted by Crippen LogP contribution is 2.31. The molecule has 0 bridgehead atoms. The van der Waals surface area contributed by atoms with Crippen molar-refractivity contribution in [3.63, 3.8) is 0 Å². The summed E-state index contributed by atoms with van der Waals surface area (Å²) in [6, 6.07) is 5.34. The van der Waals surface area contributed by atoms with E-state index in [-0.39, 0.29) is 30.3 Å². The van der Waals surface area contributed by atoms with E-state index in [0.29, 0.717) is 13.0 Å². The highest BCUT2D eigenvalue weighted by atomic mass is 19.4. The van der Waals surface area contributed by atoms with Gasteiger partial charge in [0.05, 0.1) is 18.2 Å². The Bertz CT molecular complexity index is 760. The van der Waals surface area contributed by atoms with Gasteiger partial charge in [-0.2, -0.15) is 13.2 Å². The fourth-order valence-corrected chi connectivity index (χ4v) is 4.43. The van der Waals surface area contributed by atoms with Crippen LogP contribution in [0.4, 0.5) is 18.9 Å². The standard InChI is InChI=1S/C20H25F3N4O2/c21-20(22,23)14-1-3-15(4-2-14)25-7-9-26(10-8-25)16-11-18(24-12-16)19(29)27-6-5-17(28)13-27/h1-4,16,18,24H,5-13H2/t16-,18-/m0/s1. The molecule has 2 atom stereocenters. The van der Waals surface area contributed by atoms with Crippen LogP contribution < -0.4 is 10.2 Å². The van der Waals surface area contributed by atoms with Crippen LogP contribution in [0.2, 0.25) is 0 Å². The summed E-state index contributed by atoms with van der Waals surface area (Å²) in [5, 5.41) is 3.29. The van der Waals surface area contributed by atoms with Gasteiger partial charge in [-0.1, -0.05) is 0 Å². The van der Waals surface area contributed by atoms with Crippen LogP contribution in [0.15, 0.2) is 24.3 Å². The molecule has 0 spiro atoms. The second kappa shape index (κ2) is 7.95. The zero-order chi connectivity index (χ0) is 20.6. The van der Waals surface area contributed by atoms with Gasteiger partial charge in [-0.15, -0.1) is 0 Å². The molecule has 9 heteroatoms. The summed E-state index contributed by atoms with van der Waals surface area (Å²) in [6.07, 6.45) is -3.14. The summed E-state index contributed by atoms with van der Waals surface area (Å²) in [6.45, 7) is 4.56. The number of benzene rings is 1. The number of ketones is 1. The third kappa shape index (κ3) is 4.40. The van der Waals surface area contributed by atoms with Crippen LogP contribution in [0.1, 0.15) is 18.4 Å². The number of carbonyl (C=O) groups excluding carboxylic acids is 2. The van der Waals surface area contributed by atoms with Crippen molar-refractivity contribution in [2.24, 2.45) is 0 Å². The molecular weight excluding hydrogens is 385 g/mol. The second-order valence-corrected chi connectivity index (χ2v) is 7.97. The summed E-state index contributed by atoms with van der Waals surface area (Å²) < 4.78 is 38.2. The van der Waals surface area contributed by atoms with Crippen LogP contribution in [0.25, 0.3) is 0 Å². The zero-order valence-electron chi connectivity index (χ0n) is 16.1. The van der Waals surface area contributed by atoms with Crippen LogP contribution in [0.5, 0.6) is 0 Å². The monoisotopic (exact) mass is 410 g/mol. The molecule has 158 valence electrons. The molecule has 3 heterocycles. The molecule has 0 aliphatic carbocycles. The third-order valence-electron chi connectivity index (χ3n) is 6.14. The first-order chi connectivity index (χ1) is 13.8. The Morgan fingerprint density at radius 2 is 1.72 bits per heavy atom. The third-order valence-corrected chi connectivity index (χ3v) is 6.14. The van der Waals surface area contributed by atoms with E-state index in [1.165, 1.54) is 12.1 Å². The molecule has 3 aliphatic heterocycles. The number of Topliss-reactive ketones (excluding diaryl/α,β-unsaturated/α-hetero) is 1. The minimum atomic E-state index is -4.32. The molecule has 3 fully saturated rings. The van der Waals surface area contributed by atoms with E-state index in [9.17, 15) is 22.8 Å². The maximum atomic E-state index is 12.7. The zero-order valence-corrected chi connectivity index (χ0v) is 16.1. The number of alkyl halides is 3. The number of likely N-dealkylation sites (tertiary alicyclic amines) is 1. The summed E-state index contributed by atoms with van der Waals surface area (Å²) in [5.74, 6) is 0.133. The normalized spacial score (nSPS) is 26.4. The van der Waals surface area contributed by atoms with Gasteiger partial charge in [-0.25, -0.2) is 0 Å². The van der Waals surface area contributed by atoms with Gasteiger partial charge in [0.1, 0.15) is 0 Å². The minimum absolute atomic E-state index is 0.0155. The molecule has 0 unspecified atom stereocenters. The molecule has 6 nitrogen and oxygen atoms in total. The maximum Gasteiger partial charge on any atom is 0.416 e. The molecule has 0 radical (unpaired) electrons. The van der Waals surface area contributed by atoms with E-state index in [1.54, 1.807) is 4.90 Å². The smallest absolute Gasteiger partial charge is 0.369 e. The van der Waals surface area contributed by atoms with Gasteiger partial charge in [-0.3, -0.25) is 14.5 Å². The number of halogens is 3. The molecule has 4 rings (SSSR count). The van der Waals surface area contributed by atoms with Crippen LogP contribution in [-0.2, 0) is 15.8 Å². The van der Waals surface area contributed by atoms with Crippen LogP contribution >= 0.6 is 0 Å². The van der Waals surface area contributed by atoms with Gasteiger partial charge in [-0.05, 0) is 30.7 Å². The number of nitrogens with one attached hydrogen (secondary N) is 1. The van der Waals surface area contributed by atoms with Crippen LogP contribution in [0.3, 0.4) is 0 Å². The first-order valence-electron chi connectivity index (χ1n) is 10.0. The van der Waals surface area contributed by atoms with Crippen LogP contribution in [0, 0.1) is 0 Å². The molecule has 0 aromatic heterocycles. The van der Waals surface area contributed by atoms with Gasteiger partial charge >= 0.3 is 6.18 Å². The molecule has 1 aromatic rings. The maximum absolute atomic E-state index is 12.7. The molecule has 1 aromatic carbocycles. The number of piperazine rings is 1. The Morgan fingerprint density at radius 1 is 1.03 bits per heavy atom. The van der Waals surface area contributed by atoms with Gasteiger partial charge in [0.15, 0.2) is 5.78 Å². The van der Waals surface area contributed by atoms with Gasteiger partial charge in [0.2, 0.25) is 5.91 Å². The quantitative estimate of drug-likeness (QED) is 0.816. The lowest BCUT2D eigenvalue weighted by Crippen LogP contribution is -2.51. The summed E-state index contributed by atoms with van der Waals surface area (Å²) in [4.78, 5) is 30.1. The number of hydrogen-bond donors (Lipinski definition) is 1. The summed E-state index contributed by atoms with van der Waals surface area (Å²) in [7, 11) is 0. The van der Waals surface area contributed by atoms with E-state index < -0.39 is 11.7 Å². The molecule has 1 amide bonds. The van der Waals surface area contributed by atoms with E-state index in [2.05, 4.69) is 15.1 Å². The molecule has 3 aliphatic rings. The highest BCUT2D eigenvalue weighted by Gasteiger charge is 2.37. The molecule has 3 saturated heterocycles. The largest absolute Gasteiger partial charge is 0.416 e. The fourth-order valence-electron chi connectivity index (χ4n) is 4.43. The first-order valence-corrected chi connectivity index (χ1v) is 10.0. The fraction of sp³-hybridized carbons (Fsp3) is 0.600. The number of anilines is 1. The van der Waals surface area contributed by atoms with Gasteiger partial charge in [0.25, 0.3) is 0 Å². The van der Waals surface area contributed by atoms with E-state index in [1.807, 2.05) is 0 Å². The number of amides is 1. The summed E-state index contributed by atoms with van der Waals surface area (Å²) in [5.41, 5.74) is 0.168. The number of hydrogen-bond acceptors (Lipinski definition) is 5. The lowest BCUT2D eigenvalue weighted by molar-refractivity contribution is -0.137. The van der Waals surface area contributed by atoms with E-state index in [0.717, 1.165) is 57.0 Å². The van der Waals surface area contributed by atoms with E-state index >= 15 is 0 Å². The average Bonchev–Trinajstić information content (AvgIpc) is 3.36. The topological polar surface area (TPSA) is 55.9 Å². The van der Waals surface area contributed by atoms with Crippen LogP contribution in [-0.4, -0.2) is 79.4 Å². The Labute approximate surface area is 167 Å². The van der Waals surface area contributed by atoms with Crippen molar-refractivity contribution in [1.29, 1.82) is 0 Å². The highest BCUT2D eigenvalue weighted by molar-refractivity contribution is 5.91. The number of carbonyl (C=O) groups is 2. The lowest BCUT2D eigenvalue weighted by atomic mass is 10.1. The molecular formula is C20H25F3N4O2. The molecule has 1 N–H and O–H groups in total. The van der Waals surface area contributed by atoms with Crippen molar-refractivity contribution < 1.29 is 22.8 Å². The van der Waals surface area contributed by atoms with Crippen molar-refractivity contribution >= 4 is 17.4 Å². The SMILES string of the molecule is O=C1CCN(C(=O)[C@@H]2C[C@H](N3CCN(c4ccc(C(F)(F)F)cc4)CC3)CN2)C1. The molecule has 0 saturated carbocycles. The number of rotatable bonds is 3. The first kappa shape index (κ1) is 20.2. The summed E-state index contributed by atoms with van der Waals surface area (Å²) >= 11 is 0. The predicted molar refractivity (Wildman–Crippen MR) is 102 cm³/mol. The number of nitrogens with zero attached hydrogens (tertiary/aromatic N) is 3. The second-order valence-electron chi connectivity index (χ2n) is 7.97. The molecule has 29 heavy (non-hydrogen) atoms. The Morgan fingerprint density at radius 3 is 2.31 bits per heavy atom. The van der Waals surface area contributed by atoms with Crippen molar-refractivity contribution in [3.05, 3.63) is 29.8 Å². The van der Waals surface area contributed by atoms with Crippen molar-refractivity contribution in [3.8, 4) is 0 Å². The minimum Gasteiger partial charge on any atom is -0.369 e. The van der Waals surface area contributed by atoms with Crippen molar-refractivity contribution in [1.82, 2.24) is 15.1 Å². The Kier molecular flexibility index (Phi) is 5.52. The van der Waals surface area contributed by atoms with Gasteiger partial charge in [0, 0.05) is 57.4 Å². The van der Waals surface area contributed by atoms with Crippen molar-refractivity contribution in [2.75, 3.05) is 50.7 Å². The average molecular weight is 410 g/mol. The predicted octanol–water partition coefficient (Wildman–Crippen LogP) is 1.36. The van der Waals surface area contributed by atoms with Gasteiger partial charge < -0.3 is 15.1 Å². The van der Waals surface area contributed by atoms with E-state index in [4.69, 9.17) is 0 Å². The van der Waals surface area contributed by atoms with Crippen molar-refractivity contribution in [2.45, 2.75) is 31.1 Å². The Hall–Kier alpha value is -2.13. The lowest BCUT2D eigenvalue weighted by Gasteiger charge is -2.39. The Balaban J connectivity index is 1.28.